The Hall–Kier alpha value is -2.56. The normalized spacial score (nSPS) is 11.3. The first-order valence-electron chi connectivity index (χ1n) is 6.45. The van der Waals surface area contributed by atoms with Crippen LogP contribution in [0.15, 0.2) is 53.7 Å². The van der Waals surface area contributed by atoms with Gasteiger partial charge in [0.1, 0.15) is 5.75 Å². The molecule has 2 aromatic rings. The zero-order valence-electron chi connectivity index (χ0n) is 11.2. The molecule has 20 heavy (non-hydrogen) atoms. The van der Waals surface area contributed by atoms with Crippen molar-refractivity contribution >= 4 is 5.96 Å². The van der Waals surface area contributed by atoms with E-state index in [0.717, 1.165) is 17.7 Å². The van der Waals surface area contributed by atoms with Crippen LogP contribution >= 0.6 is 0 Å². The van der Waals surface area contributed by atoms with E-state index in [1.807, 2.05) is 30.3 Å². The van der Waals surface area contributed by atoms with Crippen molar-refractivity contribution in [1.82, 2.24) is 10.3 Å². The Kier molecular flexibility index (Phi) is 4.94. The Morgan fingerprint density at radius 1 is 1.20 bits per heavy atom. The molecule has 0 spiro atoms. The maximum Gasteiger partial charge on any atom is 0.188 e. The van der Waals surface area contributed by atoms with E-state index in [1.165, 1.54) is 0 Å². The van der Waals surface area contributed by atoms with Crippen LogP contribution in [0.4, 0.5) is 0 Å². The molecule has 0 radical (unpaired) electrons. The molecule has 1 heterocycles. The Bertz CT molecular complexity index is 552. The van der Waals surface area contributed by atoms with Gasteiger partial charge in [0.05, 0.1) is 6.54 Å². The van der Waals surface area contributed by atoms with Gasteiger partial charge in [0.25, 0.3) is 0 Å². The highest BCUT2D eigenvalue weighted by molar-refractivity contribution is 5.77. The van der Waals surface area contributed by atoms with Crippen LogP contribution in [0.25, 0.3) is 0 Å². The van der Waals surface area contributed by atoms with E-state index in [4.69, 9.17) is 5.73 Å². The quantitative estimate of drug-likeness (QED) is 0.567. The Balaban J connectivity index is 1.75. The molecule has 5 nitrogen and oxygen atoms in total. The van der Waals surface area contributed by atoms with Crippen molar-refractivity contribution in [3.63, 3.8) is 0 Å². The summed E-state index contributed by atoms with van der Waals surface area (Å²) in [6, 6.07) is 12.7. The molecule has 0 bridgehead atoms. The van der Waals surface area contributed by atoms with Crippen LogP contribution in [0, 0.1) is 0 Å². The minimum absolute atomic E-state index is 0.249. The van der Waals surface area contributed by atoms with E-state index < -0.39 is 0 Å². The number of phenolic OH excluding ortho intramolecular Hbond substituents is 1. The minimum atomic E-state index is 0.249. The van der Waals surface area contributed by atoms with Gasteiger partial charge in [-0.2, -0.15) is 0 Å². The molecule has 1 aromatic carbocycles. The number of phenols is 1. The Labute approximate surface area is 118 Å². The topological polar surface area (TPSA) is 83.5 Å². The number of pyridine rings is 1. The first kappa shape index (κ1) is 13.9. The molecule has 0 aliphatic heterocycles. The van der Waals surface area contributed by atoms with Crippen LogP contribution in [0.3, 0.4) is 0 Å². The lowest BCUT2D eigenvalue weighted by Crippen LogP contribution is -2.33. The lowest BCUT2D eigenvalue weighted by Gasteiger charge is -2.05. The molecule has 0 aliphatic rings. The van der Waals surface area contributed by atoms with Gasteiger partial charge >= 0.3 is 0 Å². The lowest BCUT2D eigenvalue weighted by molar-refractivity contribution is 0.475. The molecule has 0 fully saturated rings. The highest BCUT2D eigenvalue weighted by Crippen LogP contribution is 2.10. The molecule has 4 N–H and O–H groups in total. The zero-order chi connectivity index (χ0) is 14.2. The predicted molar refractivity (Wildman–Crippen MR) is 79.4 cm³/mol. The van der Waals surface area contributed by atoms with Crippen molar-refractivity contribution in [2.24, 2.45) is 10.7 Å². The summed E-state index contributed by atoms with van der Waals surface area (Å²) in [6.07, 6.45) is 2.58. The molecule has 0 atom stereocenters. The molecule has 0 aliphatic carbocycles. The number of hydrogen-bond acceptors (Lipinski definition) is 3. The number of nitrogens with zero attached hydrogens (tertiary/aromatic N) is 2. The van der Waals surface area contributed by atoms with Gasteiger partial charge < -0.3 is 16.2 Å². The fourth-order valence-corrected chi connectivity index (χ4v) is 1.70. The fourth-order valence-electron chi connectivity index (χ4n) is 1.70. The second-order valence-corrected chi connectivity index (χ2v) is 4.37. The first-order valence-corrected chi connectivity index (χ1v) is 6.45. The van der Waals surface area contributed by atoms with E-state index in [-0.39, 0.29) is 5.75 Å². The average molecular weight is 270 g/mol. The van der Waals surface area contributed by atoms with Crippen molar-refractivity contribution in [2.75, 3.05) is 6.54 Å². The number of nitrogens with two attached hydrogens (primary N) is 1. The largest absolute Gasteiger partial charge is 0.508 e. The summed E-state index contributed by atoms with van der Waals surface area (Å²) in [5.41, 5.74) is 7.80. The van der Waals surface area contributed by atoms with Gasteiger partial charge in [0, 0.05) is 24.9 Å². The molecular formula is C15H18N4O. The van der Waals surface area contributed by atoms with Crippen molar-refractivity contribution < 1.29 is 5.11 Å². The van der Waals surface area contributed by atoms with Gasteiger partial charge in [-0.25, -0.2) is 4.99 Å². The highest BCUT2D eigenvalue weighted by Gasteiger charge is 1.96. The molecule has 5 heteroatoms. The van der Waals surface area contributed by atoms with E-state index in [9.17, 15) is 5.11 Å². The summed E-state index contributed by atoms with van der Waals surface area (Å²) < 4.78 is 0. The lowest BCUT2D eigenvalue weighted by atomic mass is 10.2. The molecule has 2 rings (SSSR count). The number of aromatic hydroxyl groups is 1. The molecule has 0 saturated carbocycles. The van der Waals surface area contributed by atoms with Crippen LogP contribution in [0.5, 0.6) is 5.75 Å². The monoisotopic (exact) mass is 270 g/mol. The number of aliphatic imine (C=N–C) groups is 1. The molecule has 0 amide bonds. The number of rotatable bonds is 5. The van der Waals surface area contributed by atoms with Gasteiger partial charge in [-0.15, -0.1) is 0 Å². The first-order chi connectivity index (χ1) is 9.74. The molecule has 0 unspecified atom stereocenters. The van der Waals surface area contributed by atoms with Gasteiger partial charge in [-0.05, 0) is 29.8 Å². The predicted octanol–water partition coefficient (Wildman–Crippen LogP) is 1.43. The number of guanidine groups is 1. The van der Waals surface area contributed by atoms with Gasteiger partial charge in [-0.1, -0.05) is 18.2 Å². The van der Waals surface area contributed by atoms with Crippen molar-refractivity contribution in [3.05, 3.63) is 59.9 Å². The molecular weight excluding hydrogens is 252 g/mol. The zero-order valence-corrected chi connectivity index (χ0v) is 11.2. The Morgan fingerprint density at radius 2 is 2.00 bits per heavy atom. The van der Waals surface area contributed by atoms with E-state index >= 15 is 0 Å². The maximum absolute atomic E-state index is 9.18. The Morgan fingerprint density at radius 3 is 2.70 bits per heavy atom. The van der Waals surface area contributed by atoms with Crippen molar-refractivity contribution in [3.8, 4) is 5.75 Å². The third-order valence-electron chi connectivity index (χ3n) is 2.78. The van der Waals surface area contributed by atoms with Gasteiger partial charge in [0.2, 0.25) is 0 Å². The van der Waals surface area contributed by atoms with Crippen molar-refractivity contribution in [1.29, 1.82) is 0 Å². The average Bonchev–Trinajstić information content (AvgIpc) is 2.48. The van der Waals surface area contributed by atoms with Gasteiger partial charge in [0.15, 0.2) is 5.96 Å². The number of benzene rings is 1. The van der Waals surface area contributed by atoms with Crippen LogP contribution in [-0.4, -0.2) is 22.6 Å². The van der Waals surface area contributed by atoms with E-state index in [1.54, 1.807) is 18.3 Å². The third-order valence-corrected chi connectivity index (χ3v) is 2.78. The van der Waals surface area contributed by atoms with E-state index in [0.29, 0.717) is 19.0 Å². The van der Waals surface area contributed by atoms with E-state index in [2.05, 4.69) is 15.3 Å². The smallest absolute Gasteiger partial charge is 0.188 e. The number of nitrogens with one attached hydrogen (secondary N) is 1. The second-order valence-electron chi connectivity index (χ2n) is 4.37. The molecule has 1 aromatic heterocycles. The summed E-state index contributed by atoms with van der Waals surface area (Å²) in [6.45, 7) is 1.19. The molecule has 104 valence electrons. The summed E-state index contributed by atoms with van der Waals surface area (Å²) in [5.74, 6) is 0.660. The number of hydrogen-bond donors (Lipinski definition) is 3. The maximum atomic E-state index is 9.18. The van der Waals surface area contributed by atoms with Gasteiger partial charge in [-0.3, -0.25) is 4.98 Å². The molecule has 0 saturated heterocycles. The van der Waals surface area contributed by atoms with Crippen molar-refractivity contribution in [2.45, 2.75) is 13.0 Å². The summed E-state index contributed by atoms with van der Waals surface area (Å²) in [4.78, 5) is 8.47. The van der Waals surface area contributed by atoms with Crippen LogP contribution in [0.2, 0.25) is 0 Å². The highest BCUT2D eigenvalue weighted by atomic mass is 16.3. The standard InChI is InChI=1S/C15H18N4O/c16-15(18-10-8-13-3-1-2-9-17-13)19-11-12-4-6-14(20)7-5-12/h1-7,9,20H,8,10-11H2,(H3,16,18,19). The number of aromatic nitrogens is 1. The summed E-state index contributed by atoms with van der Waals surface area (Å²) in [7, 11) is 0. The van der Waals surface area contributed by atoms with Crippen LogP contribution in [-0.2, 0) is 13.0 Å². The summed E-state index contributed by atoms with van der Waals surface area (Å²) >= 11 is 0. The second kappa shape index (κ2) is 7.13. The minimum Gasteiger partial charge on any atom is -0.508 e. The fraction of sp³-hybridized carbons (Fsp3) is 0.200. The van der Waals surface area contributed by atoms with Crippen LogP contribution < -0.4 is 11.1 Å². The summed E-state index contributed by atoms with van der Waals surface area (Å²) in [5, 5.41) is 12.2. The SMILES string of the molecule is NC(=NCc1ccc(O)cc1)NCCc1ccccn1. The van der Waals surface area contributed by atoms with Crippen LogP contribution in [0.1, 0.15) is 11.3 Å². The third kappa shape index (κ3) is 4.61.